The Bertz CT molecular complexity index is 1400. The van der Waals surface area contributed by atoms with Gasteiger partial charge in [-0.1, -0.05) is 18.2 Å². The number of phenolic OH excluding ortho intramolecular Hbond substituents is 1. The minimum atomic E-state index is -0.550. The number of ether oxygens (including phenoxy) is 4. The summed E-state index contributed by atoms with van der Waals surface area (Å²) in [5, 5.41) is 12.5. The molecule has 206 valence electrons. The van der Waals surface area contributed by atoms with E-state index in [0.29, 0.717) is 35.1 Å². The zero-order chi connectivity index (χ0) is 27.2. The van der Waals surface area contributed by atoms with E-state index < -0.39 is 6.04 Å². The number of benzene rings is 3. The topological polar surface area (TPSA) is 127 Å². The summed E-state index contributed by atoms with van der Waals surface area (Å²) in [5.41, 5.74) is 8.02. The molecule has 1 heterocycles. The molecule has 39 heavy (non-hydrogen) atoms. The second-order valence-electron chi connectivity index (χ2n) is 8.45. The van der Waals surface area contributed by atoms with Crippen molar-refractivity contribution in [3.8, 4) is 50.3 Å². The molecule has 1 aromatic heterocycles. The number of aromatic hydroxyl groups is 1. The average Bonchev–Trinajstić information content (AvgIpc) is 3.43. The molecule has 11 heteroatoms. The fourth-order valence-corrected chi connectivity index (χ4v) is 4.84. The molecular formula is C28H30ClN3O6S. The fraction of sp³-hybridized carbons (Fsp3) is 0.214. The van der Waals surface area contributed by atoms with Gasteiger partial charge in [0.05, 0.1) is 39.0 Å². The number of phenols is 1. The van der Waals surface area contributed by atoms with Crippen molar-refractivity contribution < 1.29 is 47.0 Å². The van der Waals surface area contributed by atoms with Crippen LogP contribution in [0, 0.1) is 0 Å². The molecule has 0 bridgehead atoms. The van der Waals surface area contributed by atoms with E-state index in [1.165, 1.54) is 11.5 Å². The highest BCUT2D eigenvalue weighted by molar-refractivity contribution is 7.10. The highest BCUT2D eigenvalue weighted by Gasteiger charge is 2.22. The van der Waals surface area contributed by atoms with Gasteiger partial charge in [0.2, 0.25) is 5.75 Å². The van der Waals surface area contributed by atoms with Crippen LogP contribution in [0.4, 0.5) is 5.69 Å². The summed E-state index contributed by atoms with van der Waals surface area (Å²) in [6.07, 6.45) is 2.21. The van der Waals surface area contributed by atoms with Gasteiger partial charge in [-0.15, -0.1) is 0 Å². The van der Waals surface area contributed by atoms with Crippen molar-refractivity contribution in [2.75, 3.05) is 33.8 Å². The fourth-order valence-electron chi connectivity index (χ4n) is 4.08. The number of aromatic nitrogens is 1. The van der Waals surface area contributed by atoms with Crippen LogP contribution < -0.4 is 42.4 Å². The lowest BCUT2D eigenvalue weighted by Gasteiger charge is -2.15. The van der Waals surface area contributed by atoms with Crippen LogP contribution in [0.5, 0.6) is 28.7 Å². The smallest absolute Gasteiger partial charge is 0.282 e. The number of nitrogens with zero attached hydrogens (tertiary/aromatic N) is 1. The van der Waals surface area contributed by atoms with Crippen molar-refractivity contribution in [1.29, 1.82) is 0 Å². The first-order valence-electron chi connectivity index (χ1n) is 11.7. The van der Waals surface area contributed by atoms with Gasteiger partial charge in [0.15, 0.2) is 17.5 Å². The Hall–Kier alpha value is -3.99. The summed E-state index contributed by atoms with van der Waals surface area (Å²) in [6, 6.07) is 15.5. The molecule has 9 nitrogen and oxygen atoms in total. The zero-order valence-electron chi connectivity index (χ0n) is 22.0. The second-order valence-corrected chi connectivity index (χ2v) is 9.26. The van der Waals surface area contributed by atoms with Crippen LogP contribution in [0.3, 0.4) is 0 Å². The van der Waals surface area contributed by atoms with E-state index in [1.807, 2.05) is 24.3 Å². The lowest BCUT2D eigenvalue weighted by Crippen LogP contribution is -3.00. The van der Waals surface area contributed by atoms with Crippen LogP contribution in [-0.2, 0) is 11.2 Å². The maximum atomic E-state index is 13.0. The number of halogens is 1. The number of methoxy groups -OCH3 is 4. The van der Waals surface area contributed by atoms with Crippen molar-refractivity contribution in [3.63, 3.8) is 0 Å². The van der Waals surface area contributed by atoms with E-state index in [1.54, 1.807) is 65.0 Å². The summed E-state index contributed by atoms with van der Waals surface area (Å²) >= 11 is 1.34. The first-order valence-corrected chi connectivity index (χ1v) is 12.5. The molecule has 4 rings (SSSR count). The minimum Gasteiger partial charge on any atom is -1.00 e. The van der Waals surface area contributed by atoms with Gasteiger partial charge in [0.25, 0.3) is 5.91 Å². The van der Waals surface area contributed by atoms with Gasteiger partial charge in [-0.05, 0) is 59.1 Å². The SMILES string of the molecule is COc1ccc(-c2cnsc2-c2cc(OC)c(OC)c(OC)c2)cc1NC(=O)[C@H]([NH3+])Cc1ccc(O)cc1.[Cl-]. The highest BCUT2D eigenvalue weighted by atomic mass is 35.5. The average molecular weight is 572 g/mol. The summed E-state index contributed by atoms with van der Waals surface area (Å²) in [6.45, 7) is 0. The molecule has 3 aromatic carbocycles. The molecule has 0 aliphatic heterocycles. The van der Waals surface area contributed by atoms with Crippen molar-refractivity contribution in [3.05, 3.63) is 66.4 Å². The molecule has 5 N–H and O–H groups in total. The number of quaternary nitrogens is 1. The van der Waals surface area contributed by atoms with Crippen molar-refractivity contribution >= 4 is 23.1 Å². The zero-order valence-corrected chi connectivity index (χ0v) is 23.6. The molecule has 0 saturated carbocycles. The van der Waals surface area contributed by atoms with Crippen LogP contribution >= 0.6 is 11.5 Å². The minimum absolute atomic E-state index is 0. The quantitative estimate of drug-likeness (QED) is 0.259. The molecule has 0 radical (unpaired) electrons. The van der Waals surface area contributed by atoms with Crippen molar-refractivity contribution in [2.24, 2.45) is 0 Å². The van der Waals surface area contributed by atoms with Crippen LogP contribution in [-0.4, -0.2) is 49.9 Å². The number of carbonyl (C=O) groups is 1. The Morgan fingerprint density at radius 2 is 1.56 bits per heavy atom. The number of nitrogens with one attached hydrogen (secondary N) is 1. The number of carbonyl (C=O) groups excluding carboxylic acids is 1. The van der Waals surface area contributed by atoms with E-state index in [0.717, 1.165) is 27.1 Å². The Kier molecular flexibility index (Phi) is 10.00. The monoisotopic (exact) mass is 571 g/mol. The first-order chi connectivity index (χ1) is 18.4. The van der Waals surface area contributed by atoms with Gasteiger partial charge in [-0.3, -0.25) is 4.79 Å². The summed E-state index contributed by atoms with van der Waals surface area (Å²) in [5.74, 6) is 2.04. The van der Waals surface area contributed by atoms with Gasteiger partial charge < -0.3 is 47.5 Å². The molecule has 1 atom stereocenters. The molecule has 0 fully saturated rings. The Morgan fingerprint density at radius 1 is 0.923 bits per heavy atom. The van der Waals surface area contributed by atoms with E-state index in [9.17, 15) is 9.90 Å². The lowest BCUT2D eigenvalue weighted by atomic mass is 10.0. The maximum Gasteiger partial charge on any atom is 0.282 e. The number of anilines is 1. The van der Waals surface area contributed by atoms with Crippen LogP contribution in [0.2, 0.25) is 0 Å². The van der Waals surface area contributed by atoms with Gasteiger partial charge in [0, 0.05) is 23.7 Å². The molecule has 4 aromatic rings. The van der Waals surface area contributed by atoms with E-state index in [2.05, 4.69) is 15.4 Å². The lowest BCUT2D eigenvalue weighted by molar-refractivity contribution is -0.402. The maximum absolute atomic E-state index is 13.0. The Labute approximate surface area is 237 Å². The third-order valence-electron chi connectivity index (χ3n) is 6.05. The second kappa shape index (κ2) is 13.2. The van der Waals surface area contributed by atoms with Gasteiger partial charge in [0.1, 0.15) is 11.5 Å². The predicted molar refractivity (Wildman–Crippen MR) is 146 cm³/mol. The Balaban J connectivity index is 0.00000420. The molecule has 1 amide bonds. The highest BCUT2D eigenvalue weighted by Crippen LogP contribution is 2.45. The number of hydrogen-bond donors (Lipinski definition) is 3. The van der Waals surface area contributed by atoms with Gasteiger partial charge in [-0.25, -0.2) is 0 Å². The molecule has 0 unspecified atom stereocenters. The van der Waals surface area contributed by atoms with Crippen LogP contribution in [0.25, 0.3) is 21.6 Å². The predicted octanol–water partition coefficient (Wildman–Crippen LogP) is 1.01. The number of amides is 1. The molecular weight excluding hydrogens is 542 g/mol. The molecule has 0 aliphatic carbocycles. The van der Waals surface area contributed by atoms with E-state index >= 15 is 0 Å². The van der Waals surface area contributed by atoms with E-state index in [4.69, 9.17) is 18.9 Å². The normalized spacial score (nSPS) is 11.2. The summed E-state index contributed by atoms with van der Waals surface area (Å²) in [7, 11) is 6.26. The molecule has 0 aliphatic rings. The molecule has 0 spiro atoms. The van der Waals surface area contributed by atoms with Crippen LogP contribution in [0.15, 0.2) is 60.8 Å². The summed E-state index contributed by atoms with van der Waals surface area (Å²) in [4.78, 5) is 13.9. The van der Waals surface area contributed by atoms with Crippen molar-refractivity contribution in [2.45, 2.75) is 12.5 Å². The van der Waals surface area contributed by atoms with E-state index in [-0.39, 0.29) is 24.1 Å². The summed E-state index contributed by atoms with van der Waals surface area (Å²) < 4.78 is 26.4. The number of rotatable bonds is 10. The van der Waals surface area contributed by atoms with Gasteiger partial charge >= 0.3 is 0 Å². The number of hydrogen-bond acceptors (Lipinski definition) is 8. The third kappa shape index (κ3) is 6.54. The van der Waals surface area contributed by atoms with Crippen LogP contribution in [0.1, 0.15) is 5.56 Å². The molecule has 0 saturated heterocycles. The Morgan fingerprint density at radius 3 is 2.15 bits per heavy atom. The third-order valence-corrected chi connectivity index (χ3v) is 6.90. The van der Waals surface area contributed by atoms with Gasteiger partial charge in [-0.2, -0.15) is 4.37 Å². The first kappa shape index (κ1) is 29.6. The standard InChI is InChI=1S/C28H29N3O6S.ClH/c1-34-23-10-7-17(12-22(23)31-28(33)21(29)11-16-5-8-19(32)9-6-16)20-15-30-38-27(20)18-13-24(35-2)26(37-4)25(14-18)36-3;/h5-10,12-15,21,32H,11,29H2,1-4H3,(H,31,33);1H/t21-;/m1./s1. The largest absolute Gasteiger partial charge is 1.00 e. The van der Waals surface area contributed by atoms with Crippen molar-refractivity contribution in [1.82, 2.24) is 4.37 Å².